The zero-order chi connectivity index (χ0) is 13.9. The minimum atomic E-state index is -1.33. The predicted molar refractivity (Wildman–Crippen MR) is 61.6 cm³/mol. The van der Waals surface area contributed by atoms with Crippen LogP contribution in [0.1, 0.15) is 34.1 Å². The van der Waals surface area contributed by atoms with Crippen LogP contribution in [0.2, 0.25) is 0 Å². The van der Waals surface area contributed by atoms with Crippen LogP contribution in [0.5, 0.6) is 0 Å². The Bertz CT molecular complexity index is 363. The lowest BCUT2D eigenvalue weighted by Crippen LogP contribution is -2.41. The van der Waals surface area contributed by atoms with Gasteiger partial charge in [0.15, 0.2) is 0 Å². The van der Waals surface area contributed by atoms with Crippen LogP contribution in [-0.2, 0) is 14.4 Å². The van der Waals surface area contributed by atoms with Gasteiger partial charge in [-0.15, -0.1) is 0 Å². The molecule has 0 aromatic carbocycles. The summed E-state index contributed by atoms with van der Waals surface area (Å²) in [5.74, 6) is -2.86. The number of hydrogen-bond acceptors (Lipinski definition) is 3. The van der Waals surface area contributed by atoms with Crippen molar-refractivity contribution < 1.29 is 24.6 Å². The molecule has 17 heavy (non-hydrogen) atoms. The maximum Gasteiger partial charge on any atom is 0.372 e. The summed E-state index contributed by atoms with van der Waals surface area (Å²) in [6.45, 7) is 6.57. The highest BCUT2D eigenvalue weighted by molar-refractivity contribution is 6.35. The first-order chi connectivity index (χ1) is 7.54. The molecule has 0 heterocycles. The van der Waals surface area contributed by atoms with Gasteiger partial charge in [0.05, 0.1) is 0 Å². The fraction of sp³-hybridized carbons (Fsp3) is 0.583. The van der Waals surface area contributed by atoms with Crippen LogP contribution < -0.4 is 0 Å². The van der Waals surface area contributed by atoms with Crippen molar-refractivity contribution in [1.82, 2.24) is 0 Å². The largest absolute Gasteiger partial charge is 0.481 e. The Hall–Kier alpha value is -1.65. The number of Topliss-reactive ketones (excluding diaryl/α,β-unsaturated/α-hetero) is 1. The zero-order valence-electron chi connectivity index (χ0n) is 10.5. The Morgan fingerprint density at radius 1 is 1.12 bits per heavy atom. The Morgan fingerprint density at radius 2 is 1.53 bits per heavy atom. The van der Waals surface area contributed by atoms with E-state index in [1.54, 1.807) is 6.92 Å². The standard InChI is InChI=1S/C10H14O3.C2H4O2/c1-9(2)5-4-6-10(9,3)7(11)8(12)13;1-2(3)4/h4-5H,6H2,1-3H3,(H,12,13);1H3,(H,3,4). The first-order valence-corrected chi connectivity index (χ1v) is 5.19. The molecule has 0 aromatic heterocycles. The van der Waals surface area contributed by atoms with Gasteiger partial charge in [0, 0.05) is 12.3 Å². The van der Waals surface area contributed by atoms with Crippen molar-refractivity contribution in [1.29, 1.82) is 0 Å². The highest BCUT2D eigenvalue weighted by Gasteiger charge is 2.50. The molecular formula is C12H18O5. The van der Waals surface area contributed by atoms with E-state index >= 15 is 0 Å². The first-order valence-electron chi connectivity index (χ1n) is 5.19. The van der Waals surface area contributed by atoms with Gasteiger partial charge in [-0.25, -0.2) is 4.79 Å². The second-order valence-corrected chi connectivity index (χ2v) is 4.81. The average Bonchev–Trinajstić information content (AvgIpc) is 2.40. The van der Waals surface area contributed by atoms with Gasteiger partial charge >= 0.3 is 5.97 Å². The van der Waals surface area contributed by atoms with E-state index in [9.17, 15) is 9.59 Å². The molecule has 1 rings (SSSR count). The van der Waals surface area contributed by atoms with Gasteiger partial charge in [-0.2, -0.15) is 0 Å². The summed E-state index contributed by atoms with van der Waals surface area (Å²) in [4.78, 5) is 31.0. The average molecular weight is 242 g/mol. The van der Waals surface area contributed by atoms with Crippen LogP contribution in [0.4, 0.5) is 0 Å². The fourth-order valence-corrected chi connectivity index (χ4v) is 1.66. The van der Waals surface area contributed by atoms with Gasteiger partial charge in [-0.1, -0.05) is 32.9 Å². The van der Waals surface area contributed by atoms with Crippen LogP contribution in [0.3, 0.4) is 0 Å². The smallest absolute Gasteiger partial charge is 0.372 e. The molecule has 0 aromatic rings. The van der Waals surface area contributed by atoms with Crippen LogP contribution in [0, 0.1) is 10.8 Å². The Balaban J connectivity index is 0.000000557. The number of carboxylic acid groups (broad SMARTS) is 2. The van der Waals surface area contributed by atoms with Crippen LogP contribution in [0.25, 0.3) is 0 Å². The van der Waals surface area contributed by atoms with E-state index in [0.29, 0.717) is 6.42 Å². The van der Waals surface area contributed by atoms with Crippen LogP contribution in [-0.4, -0.2) is 27.9 Å². The lowest BCUT2D eigenvalue weighted by atomic mass is 9.66. The number of hydrogen-bond donors (Lipinski definition) is 2. The van der Waals surface area contributed by atoms with Gasteiger partial charge < -0.3 is 10.2 Å². The predicted octanol–water partition coefficient (Wildman–Crippen LogP) is 1.72. The molecule has 1 aliphatic carbocycles. The zero-order valence-corrected chi connectivity index (χ0v) is 10.5. The SMILES string of the molecule is CC(=O)O.CC1(C)C=CCC1(C)C(=O)C(=O)O. The summed E-state index contributed by atoms with van der Waals surface area (Å²) in [7, 11) is 0. The van der Waals surface area contributed by atoms with Gasteiger partial charge in [-0.05, 0) is 11.8 Å². The van der Waals surface area contributed by atoms with Gasteiger partial charge in [-0.3, -0.25) is 9.59 Å². The van der Waals surface area contributed by atoms with Crippen molar-refractivity contribution in [3.05, 3.63) is 12.2 Å². The molecular weight excluding hydrogens is 224 g/mol. The van der Waals surface area contributed by atoms with E-state index < -0.39 is 23.1 Å². The molecule has 0 radical (unpaired) electrons. The van der Waals surface area contributed by atoms with Crippen LogP contribution in [0.15, 0.2) is 12.2 Å². The summed E-state index contributed by atoms with van der Waals surface area (Å²) in [6.07, 6.45) is 4.31. The van der Waals surface area contributed by atoms with E-state index in [-0.39, 0.29) is 5.41 Å². The van der Waals surface area contributed by atoms with E-state index in [4.69, 9.17) is 15.0 Å². The van der Waals surface area contributed by atoms with Gasteiger partial charge in [0.1, 0.15) is 0 Å². The van der Waals surface area contributed by atoms with E-state index in [1.165, 1.54) is 0 Å². The summed E-state index contributed by atoms with van der Waals surface area (Å²) in [6, 6.07) is 0. The first kappa shape index (κ1) is 15.3. The summed E-state index contributed by atoms with van der Waals surface area (Å²) >= 11 is 0. The third kappa shape index (κ3) is 3.41. The number of carboxylic acids is 2. The fourth-order valence-electron chi connectivity index (χ4n) is 1.66. The minimum absolute atomic E-state index is 0.359. The van der Waals surface area contributed by atoms with Gasteiger partial charge in [0.25, 0.3) is 5.97 Å². The number of ketones is 1. The lowest BCUT2D eigenvalue weighted by Gasteiger charge is -2.34. The van der Waals surface area contributed by atoms with Crippen molar-refractivity contribution in [2.75, 3.05) is 0 Å². The molecule has 96 valence electrons. The monoisotopic (exact) mass is 242 g/mol. The summed E-state index contributed by atoms with van der Waals surface area (Å²) < 4.78 is 0. The molecule has 5 heteroatoms. The Labute approximate surface area is 100 Å². The topological polar surface area (TPSA) is 91.7 Å². The Morgan fingerprint density at radius 3 is 1.76 bits per heavy atom. The second-order valence-electron chi connectivity index (χ2n) is 4.81. The third-order valence-corrected chi connectivity index (χ3v) is 3.18. The maximum atomic E-state index is 11.4. The van der Waals surface area contributed by atoms with E-state index in [2.05, 4.69) is 0 Å². The minimum Gasteiger partial charge on any atom is -0.481 e. The summed E-state index contributed by atoms with van der Waals surface area (Å²) in [5.41, 5.74) is -1.14. The molecule has 0 saturated carbocycles. The van der Waals surface area contributed by atoms with Crippen molar-refractivity contribution in [3.63, 3.8) is 0 Å². The molecule has 1 aliphatic rings. The lowest BCUT2D eigenvalue weighted by molar-refractivity contribution is -0.156. The third-order valence-electron chi connectivity index (χ3n) is 3.18. The molecule has 0 saturated heterocycles. The number of carbonyl (C=O) groups excluding carboxylic acids is 1. The molecule has 0 spiro atoms. The molecule has 2 N–H and O–H groups in total. The highest BCUT2D eigenvalue weighted by atomic mass is 16.4. The molecule has 0 amide bonds. The van der Waals surface area contributed by atoms with E-state index in [0.717, 1.165) is 6.92 Å². The highest BCUT2D eigenvalue weighted by Crippen LogP contribution is 2.48. The quantitative estimate of drug-likeness (QED) is 0.568. The molecule has 1 unspecified atom stereocenters. The number of aliphatic carboxylic acids is 2. The number of rotatable bonds is 2. The summed E-state index contributed by atoms with van der Waals surface area (Å²) in [5, 5.41) is 16.1. The van der Waals surface area contributed by atoms with Crippen molar-refractivity contribution in [2.24, 2.45) is 10.8 Å². The molecule has 0 bridgehead atoms. The molecule has 1 atom stereocenters. The normalized spacial score (nSPS) is 24.7. The Kier molecular flexibility index (Phi) is 4.62. The van der Waals surface area contributed by atoms with Crippen LogP contribution >= 0.6 is 0 Å². The molecule has 0 aliphatic heterocycles. The number of carbonyl (C=O) groups is 3. The van der Waals surface area contributed by atoms with Crippen molar-refractivity contribution in [3.8, 4) is 0 Å². The molecule has 0 fully saturated rings. The maximum absolute atomic E-state index is 11.4. The van der Waals surface area contributed by atoms with Crippen molar-refractivity contribution >= 4 is 17.7 Å². The van der Waals surface area contributed by atoms with Crippen molar-refractivity contribution in [2.45, 2.75) is 34.1 Å². The van der Waals surface area contributed by atoms with Gasteiger partial charge in [0.2, 0.25) is 5.78 Å². The second kappa shape index (κ2) is 5.12. The number of allylic oxidation sites excluding steroid dienone is 2. The van der Waals surface area contributed by atoms with E-state index in [1.807, 2.05) is 26.0 Å². The molecule has 5 nitrogen and oxygen atoms in total.